The van der Waals surface area contributed by atoms with Crippen molar-refractivity contribution >= 4 is 17.7 Å². The number of carbonyl (C=O) groups excluding carboxylic acids is 1. The van der Waals surface area contributed by atoms with E-state index in [4.69, 9.17) is 6.42 Å². The first-order valence-corrected chi connectivity index (χ1v) is 7.46. The average molecular weight is 294 g/mol. The molecular weight excluding hydrogens is 276 g/mol. The van der Waals surface area contributed by atoms with Crippen molar-refractivity contribution < 1.29 is 4.79 Å². The summed E-state index contributed by atoms with van der Waals surface area (Å²) in [5, 5.41) is 17.9. The van der Waals surface area contributed by atoms with E-state index in [1.165, 1.54) is 24.6 Å². The maximum absolute atomic E-state index is 11.7. The Kier molecular flexibility index (Phi) is 5.38. The Balaban J connectivity index is 1.80. The normalized spacial score (nSPS) is 15.6. The topological polar surface area (TPSA) is 84.7 Å². The van der Waals surface area contributed by atoms with Gasteiger partial charge in [0.05, 0.1) is 18.3 Å². The maximum Gasteiger partial charge on any atom is 0.234 e. The fraction of sp³-hybridized carbons (Fsp3) is 0.667. The number of nitrogens with one attached hydrogen (secondary N) is 2. The van der Waals surface area contributed by atoms with E-state index in [-0.39, 0.29) is 17.7 Å². The van der Waals surface area contributed by atoms with Crippen LogP contribution in [0.4, 0.5) is 0 Å². The van der Waals surface area contributed by atoms with Gasteiger partial charge in [-0.15, -0.1) is 11.5 Å². The predicted molar refractivity (Wildman–Crippen MR) is 76.0 cm³/mol. The molecule has 8 heteroatoms. The molecule has 0 aromatic carbocycles. The van der Waals surface area contributed by atoms with Crippen LogP contribution in [-0.4, -0.2) is 50.5 Å². The highest BCUT2D eigenvalue weighted by Crippen LogP contribution is 2.20. The van der Waals surface area contributed by atoms with Crippen molar-refractivity contribution in [3.05, 3.63) is 0 Å². The van der Waals surface area contributed by atoms with Crippen LogP contribution in [0.15, 0.2) is 5.16 Å². The fourth-order valence-electron chi connectivity index (χ4n) is 1.58. The molecule has 0 spiro atoms. The Morgan fingerprint density at radius 2 is 2.45 bits per heavy atom. The summed E-state index contributed by atoms with van der Waals surface area (Å²) in [5.74, 6) is 2.26. The first-order chi connectivity index (χ1) is 9.70. The third-order valence-corrected chi connectivity index (χ3v) is 3.92. The lowest BCUT2D eigenvalue weighted by Crippen LogP contribution is -2.31. The Bertz CT molecular complexity index is 492. The highest BCUT2D eigenvalue weighted by Gasteiger charge is 2.21. The molecule has 0 saturated heterocycles. The van der Waals surface area contributed by atoms with Crippen molar-refractivity contribution in [2.45, 2.75) is 42.8 Å². The monoisotopic (exact) mass is 294 g/mol. The van der Waals surface area contributed by atoms with Crippen molar-refractivity contribution in [2.75, 3.05) is 13.1 Å². The SMILES string of the molecule is C#CCNC(=O)C(C)Sc1nnnn1CCNC1CC1. The Morgan fingerprint density at radius 3 is 3.15 bits per heavy atom. The summed E-state index contributed by atoms with van der Waals surface area (Å²) in [7, 11) is 0. The number of carbonyl (C=O) groups is 1. The van der Waals surface area contributed by atoms with Gasteiger partial charge in [0, 0.05) is 12.6 Å². The molecule has 1 heterocycles. The maximum atomic E-state index is 11.7. The molecule has 1 aromatic rings. The number of thioether (sulfide) groups is 1. The molecule has 1 atom stereocenters. The van der Waals surface area contributed by atoms with Gasteiger partial charge in [-0.1, -0.05) is 17.7 Å². The molecule has 1 aliphatic rings. The molecule has 0 bridgehead atoms. The molecule has 1 fully saturated rings. The number of rotatable bonds is 8. The third kappa shape index (κ3) is 4.51. The molecule has 1 amide bonds. The smallest absolute Gasteiger partial charge is 0.234 e. The van der Waals surface area contributed by atoms with Gasteiger partial charge in [-0.05, 0) is 30.2 Å². The molecule has 0 aliphatic heterocycles. The van der Waals surface area contributed by atoms with Gasteiger partial charge in [0.15, 0.2) is 0 Å². The molecule has 7 nitrogen and oxygen atoms in total. The van der Waals surface area contributed by atoms with Gasteiger partial charge in [0.2, 0.25) is 11.1 Å². The summed E-state index contributed by atoms with van der Waals surface area (Å²) in [5.41, 5.74) is 0. The van der Waals surface area contributed by atoms with E-state index >= 15 is 0 Å². The number of terminal acetylenes is 1. The zero-order chi connectivity index (χ0) is 14.4. The Hall–Kier alpha value is -1.59. The minimum Gasteiger partial charge on any atom is -0.344 e. The second kappa shape index (κ2) is 7.26. The molecule has 0 radical (unpaired) electrons. The second-order valence-electron chi connectivity index (χ2n) is 4.60. The lowest BCUT2D eigenvalue weighted by Gasteiger charge is -2.10. The van der Waals surface area contributed by atoms with Crippen LogP contribution in [0, 0.1) is 12.3 Å². The highest BCUT2D eigenvalue weighted by atomic mass is 32.2. The lowest BCUT2D eigenvalue weighted by atomic mass is 10.4. The summed E-state index contributed by atoms with van der Waals surface area (Å²) in [6, 6.07) is 0.663. The minimum absolute atomic E-state index is 0.112. The van der Waals surface area contributed by atoms with E-state index in [0.29, 0.717) is 17.7 Å². The molecule has 1 aliphatic carbocycles. The molecule has 2 rings (SSSR count). The standard InChI is InChI=1S/C12H18N6OS/c1-3-6-14-11(19)9(2)20-12-15-16-17-18(12)8-7-13-10-4-5-10/h1,9-10,13H,4-8H2,2H3,(H,14,19). The predicted octanol–water partition coefficient (Wildman–Crippen LogP) is -0.345. The van der Waals surface area contributed by atoms with Gasteiger partial charge >= 0.3 is 0 Å². The lowest BCUT2D eigenvalue weighted by molar-refractivity contribution is -0.120. The van der Waals surface area contributed by atoms with E-state index in [9.17, 15) is 4.79 Å². The van der Waals surface area contributed by atoms with Crippen molar-refractivity contribution in [3.8, 4) is 12.3 Å². The van der Waals surface area contributed by atoms with Crippen LogP contribution < -0.4 is 10.6 Å². The molecular formula is C12H18N6OS. The van der Waals surface area contributed by atoms with Crippen LogP contribution in [0.2, 0.25) is 0 Å². The molecule has 108 valence electrons. The average Bonchev–Trinajstić information content (AvgIpc) is 3.16. The van der Waals surface area contributed by atoms with Gasteiger partial charge in [0.25, 0.3) is 0 Å². The van der Waals surface area contributed by atoms with Crippen molar-refractivity contribution in [1.29, 1.82) is 0 Å². The van der Waals surface area contributed by atoms with Gasteiger partial charge in [-0.2, -0.15) is 0 Å². The van der Waals surface area contributed by atoms with Gasteiger partial charge in [0.1, 0.15) is 0 Å². The Morgan fingerprint density at radius 1 is 1.65 bits per heavy atom. The summed E-state index contributed by atoms with van der Waals surface area (Å²) in [6.45, 7) is 3.57. The zero-order valence-corrected chi connectivity index (χ0v) is 12.2. The van der Waals surface area contributed by atoms with Gasteiger partial charge in [-0.3, -0.25) is 4.79 Å². The number of hydrogen-bond acceptors (Lipinski definition) is 6. The number of tetrazole rings is 1. The van der Waals surface area contributed by atoms with Crippen LogP contribution in [0.1, 0.15) is 19.8 Å². The second-order valence-corrected chi connectivity index (χ2v) is 5.90. The van der Waals surface area contributed by atoms with Crippen LogP contribution in [0.3, 0.4) is 0 Å². The quantitative estimate of drug-likeness (QED) is 0.504. The summed E-state index contributed by atoms with van der Waals surface area (Å²) in [6.07, 6.45) is 7.61. The van der Waals surface area contributed by atoms with E-state index in [2.05, 4.69) is 32.1 Å². The van der Waals surface area contributed by atoms with E-state index < -0.39 is 0 Å². The van der Waals surface area contributed by atoms with Crippen molar-refractivity contribution in [1.82, 2.24) is 30.8 Å². The molecule has 1 saturated carbocycles. The van der Waals surface area contributed by atoms with Crippen molar-refractivity contribution in [3.63, 3.8) is 0 Å². The zero-order valence-electron chi connectivity index (χ0n) is 11.4. The highest BCUT2D eigenvalue weighted by molar-refractivity contribution is 8.00. The fourth-order valence-corrected chi connectivity index (χ4v) is 2.42. The van der Waals surface area contributed by atoms with Crippen LogP contribution in [-0.2, 0) is 11.3 Å². The summed E-state index contributed by atoms with van der Waals surface area (Å²) >= 11 is 1.33. The van der Waals surface area contributed by atoms with Crippen LogP contribution in [0.5, 0.6) is 0 Å². The first kappa shape index (κ1) is 14.8. The van der Waals surface area contributed by atoms with Crippen molar-refractivity contribution in [2.24, 2.45) is 0 Å². The third-order valence-electron chi connectivity index (χ3n) is 2.85. The van der Waals surface area contributed by atoms with Gasteiger partial charge in [-0.25, -0.2) is 4.68 Å². The molecule has 2 N–H and O–H groups in total. The Labute approximate surface area is 122 Å². The summed E-state index contributed by atoms with van der Waals surface area (Å²) < 4.78 is 1.71. The number of nitrogens with zero attached hydrogens (tertiary/aromatic N) is 4. The van der Waals surface area contributed by atoms with E-state index in [1.807, 2.05) is 0 Å². The number of amides is 1. The van der Waals surface area contributed by atoms with Crippen LogP contribution in [0.25, 0.3) is 0 Å². The minimum atomic E-state index is -0.288. The molecule has 1 aromatic heterocycles. The van der Waals surface area contributed by atoms with Crippen LogP contribution >= 0.6 is 11.8 Å². The number of aromatic nitrogens is 4. The first-order valence-electron chi connectivity index (χ1n) is 6.58. The molecule has 20 heavy (non-hydrogen) atoms. The van der Waals surface area contributed by atoms with E-state index in [1.54, 1.807) is 11.6 Å². The number of hydrogen-bond donors (Lipinski definition) is 2. The summed E-state index contributed by atoms with van der Waals surface area (Å²) in [4.78, 5) is 11.7. The van der Waals surface area contributed by atoms with E-state index in [0.717, 1.165) is 6.54 Å². The molecule has 1 unspecified atom stereocenters. The largest absolute Gasteiger partial charge is 0.344 e. The van der Waals surface area contributed by atoms with Gasteiger partial charge < -0.3 is 10.6 Å².